The average Bonchev–Trinajstić information content (AvgIpc) is 3.16. The van der Waals surface area contributed by atoms with Gasteiger partial charge in [0.25, 0.3) is 0 Å². The first kappa shape index (κ1) is 20.9. The Morgan fingerprint density at radius 1 is 1.19 bits per heavy atom. The van der Waals surface area contributed by atoms with Gasteiger partial charge in [-0.05, 0) is 28.8 Å². The quantitative estimate of drug-likeness (QED) is 0.614. The summed E-state index contributed by atoms with van der Waals surface area (Å²) >= 11 is 1.23. The summed E-state index contributed by atoms with van der Waals surface area (Å²) in [4.78, 5) is 31.2. The highest BCUT2D eigenvalue weighted by Crippen LogP contribution is 2.33. The van der Waals surface area contributed by atoms with Gasteiger partial charge >= 0.3 is 0 Å². The molecule has 1 aliphatic rings. The van der Waals surface area contributed by atoms with Gasteiger partial charge in [0.05, 0.1) is 12.5 Å². The van der Waals surface area contributed by atoms with E-state index in [1.54, 1.807) is 17.3 Å². The van der Waals surface area contributed by atoms with Gasteiger partial charge in [-0.1, -0.05) is 30.3 Å². The van der Waals surface area contributed by atoms with E-state index in [-0.39, 0.29) is 24.7 Å². The Morgan fingerprint density at radius 3 is 2.77 bits per heavy atom. The molecule has 2 amide bonds. The topological polar surface area (TPSA) is 62.3 Å². The van der Waals surface area contributed by atoms with Crippen LogP contribution in [0.2, 0.25) is 0 Å². The summed E-state index contributed by atoms with van der Waals surface area (Å²) in [5.41, 5.74) is 2.23. The third kappa shape index (κ3) is 4.69. The number of nitrogens with one attached hydrogen (secondary N) is 1. The Kier molecular flexibility index (Phi) is 5.90. The second-order valence-electron chi connectivity index (χ2n) is 7.18. The van der Waals surface area contributed by atoms with Crippen molar-refractivity contribution < 1.29 is 18.4 Å². The Morgan fingerprint density at radius 2 is 2.00 bits per heavy atom. The minimum Gasteiger partial charge on any atom is -0.311 e. The van der Waals surface area contributed by atoms with Gasteiger partial charge in [0.15, 0.2) is 5.13 Å². The van der Waals surface area contributed by atoms with E-state index in [2.05, 4.69) is 10.3 Å². The lowest BCUT2D eigenvalue weighted by atomic mass is 9.93. The number of halogens is 2. The maximum atomic E-state index is 13.9. The van der Waals surface area contributed by atoms with Crippen molar-refractivity contribution in [2.75, 3.05) is 5.32 Å². The molecule has 0 fully saturated rings. The van der Waals surface area contributed by atoms with E-state index in [9.17, 15) is 18.4 Å². The monoisotopic (exact) mass is 439 g/mol. The number of benzene rings is 2. The lowest BCUT2D eigenvalue weighted by Crippen LogP contribution is -2.33. The molecule has 0 saturated heterocycles. The number of thiazole rings is 1. The number of anilines is 1. The Bertz CT molecular complexity index is 1180. The highest BCUT2D eigenvalue weighted by molar-refractivity contribution is 7.15. The Balaban J connectivity index is 1.45. The van der Waals surface area contributed by atoms with Crippen molar-refractivity contribution in [2.24, 2.45) is 0 Å². The van der Waals surface area contributed by atoms with Gasteiger partial charge in [0.1, 0.15) is 11.6 Å². The van der Waals surface area contributed by atoms with Crippen molar-refractivity contribution >= 4 is 34.4 Å². The molecule has 1 N–H and O–H groups in total. The predicted octanol–water partition coefficient (Wildman–Crippen LogP) is 4.91. The summed E-state index contributed by atoms with van der Waals surface area (Å²) in [5, 5.41) is 3.15. The van der Waals surface area contributed by atoms with Crippen LogP contribution < -0.4 is 5.32 Å². The highest BCUT2D eigenvalue weighted by Gasteiger charge is 2.28. The fourth-order valence-electron chi connectivity index (χ4n) is 3.56. The molecule has 31 heavy (non-hydrogen) atoms. The number of rotatable bonds is 5. The third-order valence-electron chi connectivity index (χ3n) is 5.03. The number of carbonyl (C=O) groups excluding carboxylic acids is 2. The van der Waals surface area contributed by atoms with Crippen molar-refractivity contribution in [1.82, 2.24) is 9.88 Å². The molecular weight excluding hydrogens is 420 g/mol. The molecule has 2 aromatic carbocycles. The van der Waals surface area contributed by atoms with Gasteiger partial charge in [-0.25, -0.2) is 13.8 Å². The van der Waals surface area contributed by atoms with Crippen LogP contribution in [-0.4, -0.2) is 21.7 Å². The zero-order chi connectivity index (χ0) is 22.0. The van der Waals surface area contributed by atoms with Gasteiger partial charge < -0.3 is 10.2 Å². The first-order chi connectivity index (χ1) is 14.9. The molecule has 8 heteroatoms. The van der Waals surface area contributed by atoms with E-state index in [4.69, 9.17) is 0 Å². The summed E-state index contributed by atoms with van der Waals surface area (Å²) in [6, 6.07) is 10.7. The number of fused-ring (bicyclic) bond motifs is 1. The standard InChI is InChI=1S/C23H19F2N3O2S/c1-14(29)28-9-8-15-4-2-3-5-19(15)21(28)12-22(30)27-23-26-13-18(31-23)10-16-6-7-17(24)11-20(16)25/h2-9,11,13,21H,10,12H2,1H3,(H,26,27,30). The molecule has 0 bridgehead atoms. The average molecular weight is 439 g/mol. The minimum atomic E-state index is -0.628. The molecular formula is C23H19F2N3O2S. The van der Waals surface area contributed by atoms with Gasteiger partial charge in [0, 0.05) is 36.7 Å². The van der Waals surface area contributed by atoms with Crippen LogP contribution in [0.4, 0.5) is 13.9 Å². The Labute approximate surface area is 182 Å². The van der Waals surface area contributed by atoms with Crippen LogP contribution in [0.1, 0.15) is 41.0 Å². The minimum absolute atomic E-state index is 0.0719. The predicted molar refractivity (Wildman–Crippen MR) is 115 cm³/mol. The zero-order valence-corrected chi connectivity index (χ0v) is 17.5. The van der Waals surface area contributed by atoms with Gasteiger partial charge in [-0.15, -0.1) is 11.3 Å². The maximum Gasteiger partial charge on any atom is 0.228 e. The number of nitrogens with zero attached hydrogens (tertiary/aromatic N) is 2. The van der Waals surface area contributed by atoms with Crippen molar-refractivity contribution in [3.8, 4) is 0 Å². The molecule has 1 aromatic heterocycles. The van der Waals surface area contributed by atoms with Crippen LogP contribution in [0.25, 0.3) is 6.08 Å². The van der Waals surface area contributed by atoms with Crippen LogP contribution in [0.15, 0.2) is 54.9 Å². The van der Waals surface area contributed by atoms with E-state index in [1.165, 1.54) is 30.4 Å². The van der Waals surface area contributed by atoms with Crippen molar-refractivity contribution in [2.45, 2.75) is 25.8 Å². The van der Waals surface area contributed by atoms with Crippen molar-refractivity contribution in [3.05, 3.63) is 88.1 Å². The molecule has 1 atom stereocenters. The molecule has 158 valence electrons. The summed E-state index contributed by atoms with van der Waals surface area (Å²) in [5.74, 6) is -1.68. The summed E-state index contributed by atoms with van der Waals surface area (Å²) in [7, 11) is 0. The molecule has 2 heterocycles. The Hall–Kier alpha value is -3.39. The molecule has 0 aliphatic carbocycles. The fraction of sp³-hybridized carbons (Fsp3) is 0.174. The maximum absolute atomic E-state index is 13.9. The van der Waals surface area contributed by atoms with E-state index < -0.39 is 17.7 Å². The molecule has 3 aromatic rings. The molecule has 4 rings (SSSR count). The second-order valence-corrected chi connectivity index (χ2v) is 8.30. The molecule has 0 radical (unpaired) electrons. The van der Waals surface area contributed by atoms with Gasteiger partial charge in [-0.2, -0.15) is 0 Å². The van der Waals surface area contributed by atoms with E-state index in [0.29, 0.717) is 10.7 Å². The largest absolute Gasteiger partial charge is 0.311 e. The van der Waals surface area contributed by atoms with Crippen LogP contribution in [0.5, 0.6) is 0 Å². The van der Waals surface area contributed by atoms with Crippen LogP contribution in [0.3, 0.4) is 0 Å². The lowest BCUT2D eigenvalue weighted by Gasteiger charge is -2.32. The van der Waals surface area contributed by atoms with Crippen molar-refractivity contribution in [3.63, 3.8) is 0 Å². The summed E-state index contributed by atoms with van der Waals surface area (Å²) < 4.78 is 26.9. The number of carbonyl (C=O) groups is 2. The van der Waals surface area contributed by atoms with Gasteiger partial charge in [-0.3, -0.25) is 9.59 Å². The number of hydrogen-bond donors (Lipinski definition) is 1. The first-order valence-electron chi connectivity index (χ1n) is 9.65. The van der Waals surface area contributed by atoms with E-state index in [1.807, 2.05) is 30.3 Å². The van der Waals surface area contributed by atoms with Crippen LogP contribution in [-0.2, 0) is 16.0 Å². The van der Waals surface area contributed by atoms with Crippen molar-refractivity contribution in [1.29, 1.82) is 0 Å². The normalized spacial score (nSPS) is 14.9. The lowest BCUT2D eigenvalue weighted by molar-refractivity contribution is -0.129. The molecule has 0 saturated carbocycles. The zero-order valence-electron chi connectivity index (χ0n) is 16.6. The smallest absolute Gasteiger partial charge is 0.228 e. The van der Waals surface area contributed by atoms with Crippen LogP contribution in [0, 0.1) is 11.6 Å². The summed E-state index contributed by atoms with van der Waals surface area (Å²) in [6.45, 7) is 1.46. The van der Waals surface area contributed by atoms with E-state index >= 15 is 0 Å². The molecule has 5 nitrogen and oxygen atoms in total. The first-order valence-corrected chi connectivity index (χ1v) is 10.5. The third-order valence-corrected chi connectivity index (χ3v) is 5.94. The fourth-order valence-corrected chi connectivity index (χ4v) is 4.41. The molecule has 1 unspecified atom stereocenters. The SMILES string of the molecule is CC(=O)N1C=Cc2ccccc2C1CC(=O)Nc1ncc(Cc2ccc(F)cc2F)s1. The van der Waals surface area contributed by atoms with E-state index in [0.717, 1.165) is 22.1 Å². The molecule has 0 spiro atoms. The summed E-state index contributed by atoms with van der Waals surface area (Å²) in [6.07, 6.45) is 5.43. The highest BCUT2D eigenvalue weighted by atomic mass is 32.1. The second kappa shape index (κ2) is 8.77. The number of amides is 2. The number of hydrogen-bond acceptors (Lipinski definition) is 4. The van der Waals surface area contributed by atoms with Crippen LogP contribution >= 0.6 is 11.3 Å². The van der Waals surface area contributed by atoms with Gasteiger partial charge in [0.2, 0.25) is 11.8 Å². The number of aromatic nitrogens is 1. The molecule has 1 aliphatic heterocycles.